The molecule has 0 aromatic heterocycles. The van der Waals surface area contributed by atoms with Crippen LogP contribution in [0.1, 0.15) is 18.8 Å². The van der Waals surface area contributed by atoms with E-state index in [-0.39, 0.29) is 36.1 Å². The van der Waals surface area contributed by atoms with Crippen molar-refractivity contribution in [2.75, 3.05) is 13.7 Å². The molecule has 0 spiro atoms. The zero-order valence-electron chi connectivity index (χ0n) is 12.5. The Bertz CT molecular complexity index is 567. The monoisotopic (exact) mass is 321 g/mol. The minimum Gasteiger partial charge on any atom is -0.354 e. The summed E-state index contributed by atoms with van der Waals surface area (Å²) < 4.78 is 23.5. The molecule has 1 aromatic carbocycles. The van der Waals surface area contributed by atoms with E-state index in [2.05, 4.69) is 4.99 Å². The van der Waals surface area contributed by atoms with Gasteiger partial charge in [0.2, 0.25) is 0 Å². The van der Waals surface area contributed by atoms with E-state index in [0.29, 0.717) is 6.61 Å². The van der Waals surface area contributed by atoms with Gasteiger partial charge in [0.25, 0.3) is 0 Å². The molecular formula is C16H19NO4S. The summed E-state index contributed by atoms with van der Waals surface area (Å²) in [6, 6.07) is 10.0. The van der Waals surface area contributed by atoms with Crippen LogP contribution in [0.15, 0.2) is 35.3 Å². The van der Waals surface area contributed by atoms with E-state index in [1.807, 2.05) is 37.3 Å². The summed E-state index contributed by atoms with van der Waals surface area (Å²) in [5.41, 5.74) is 1.03. The first kappa shape index (κ1) is 14.7. The van der Waals surface area contributed by atoms with Crippen LogP contribution in [0.25, 0.3) is 0 Å². The molecule has 0 N–H and O–H groups in total. The molecule has 22 heavy (non-hydrogen) atoms. The number of hydrogen-bond donors (Lipinski definition) is 0. The van der Waals surface area contributed by atoms with E-state index in [0.717, 1.165) is 10.6 Å². The highest BCUT2D eigenvalue weighted by molar-refractivity contribution is 8.14. The second-order valence-electron chi connectivity index (χ2n) is 5.68. The normalized spacial score (nSPS) is 40.7. The third-order valence-corrected chi connectivity index (χ3v) is 5.51. The lowest BCUT2D eigenvalue weighted by Crippen LogP contribution is -2.59. The lowest BCUT2D eigenvalue weighted by atomic mass is 9.99. The standard InChI is InChI=1S/C16H19NO4S/c1-9-17-12-14(22-9)13-11(20-16(12)18-2)8-19-15(21-13)10-6-4-3-5-7-10/h3-7,11-16H,8H2,1-2H3/t11-,12+,13-,14-,15-,16+/m1/s1. The van der Waals surface area contributed by atoms with Crippen molar-refractivity contribution in [2.24, 2.45) is 4.99 Å². The molecule has 0 bridgehead atoms. The average Bonchev–Trinajstić information content (AvgIpc) is 2.96. The van der Waals surface area contributed by atoms with Crippen LogP contribution in [0.2, 0.25) is 0 Å². The summed E-state index contributed by atoms with van der Waals surface area (Å²) in [6.07, 6.45) is -0.815. The van der Waals surface area contributed by atoms with E-state index in [1.165, 1.54) is 0 Å². The number of ether oxygens (including phenoxy) is 4. The van der Waals surface area contributed by atoms with Gasteiger partial charge < -0.3 is 18.9 Å². The molecule has 2 saturated heterocycles. The maximum atomic E-state index is 6.23. The Morgan fingerprint density at radius 2 is 2.05 bits per heavy atom. The van der Waals surface area contributed by atoms with Crippen molar-refractivity contribution in [2.45, 2.75) is 43.0 Å². The first-order valence-corrected chi connectivity index (χ1v) is 8.35. The first-order chi connectivity index (χ1) is 10.8. The number of thioether (sulfide) groups is 1. The fraction of sp³-hybridized carbons (Fsp3) is 0.562. The summed E-state index contributed by atoms with van der Waals surface area (Å²) in [7, 11) is 1.66. The van der Waals surface area contributed by atoms with Crippen LogP contribution < -0.4 is 0 Å². The zero-order valence-corrected chi connectivity index (χ0v) is 13.4. The van der Waals surface area contributed by atoms with Crippen molar-refractivity contribution >= 4 is 16.8 Å². The third-order valence-electron chi connectivity index (χ3n) is 4.25. The molecular weight excluding hydrogens is 302 g/mol. The summed E-state index contributed by atoms with van der Waals surface area (Å²) in [5.74, 6) is 0. The van der Waals surface area contributed by atoms with Crippen LogP contribution in [-0.4, -0.2) is 48.6 Å². The maximum Gasteiger partial charge on any atom is 0.184 e. The molecule has 1 aromatic rings. The molecule has 6 heteroatoms. The quantitative estimate of drug-likeness (QED) is 0.837. The Labute approximate surface area is 134 Å². The molecule has 2 fully saturated rings. The molecule has 0 aliphatic carbocycles. The van der Waals surface area contributed by atoms with Gasteiger partial charge in [0, 0.05) is 12.7 Å². The molecule has 5 nitrogen and oxygen atoms in total. The van der Waals surface area contributed by atoms with Gasteiger partial charge in [-0.2, -0.15) is 0 Å². The second-order valence-corrected chi connectivity index (χ2v) is 7.05. The Morgan fingerprint density at radius 3 is 2.82 bits per heavy atom. The molecule has 4 rings (SSSR count). The van der Waals surface area contributed by atoms with Gasteiger partial charge in [-0.05, 0) is 6.92 Å². The SMILES string of the molecule is CO[C@H]1O[C@@H]2CO[C@@H](c3ccccc3)O[C@H]2[C@@H]2SC(C)=N[C@H]12. The smallest absolute Gasteiger partial charge is 0.184 e. The van der Waals surface area contributed by atoms with Crippen LogP contribution in [0.5, 0.6) is 0 Å². The van der Waals surface area contributed by atoms with Crippen molar-refractivity contribution in [3.05, 3.63) is 35.9 Å². The Morgan fingerprint density at radius 1 is 1.23 bits per heavy atom. The number of hydrogen-bond acceptors (Lipinski definition) is 6. The van der Waals surface area contributed by atoms with Crippen LogP contribution in [0, 0.1) is 0 Å². The summed E-state index contributed by atoms with van der Waals surface area (Å²) >= 11 is 1.76. The van der Waals surface area contributed by atoms with Gasteiger partial charge in [-0.3, -0.25) is 4.99 Å². The highest BCUT2D eigenvalue weighted by Crippen LogP contribution is 2.43. The first-order valence-electron chi connectivity index (χ1n) is 7.47. The van der Waals surface area contributed by atoms with Crippen LogP contribution in [-0.2, 0) is 18.9 Å². The van der Waals surface area contributed by atoms with Gasteiger partial charge in [0.05, 0.1) is 16.9 Å². The predicted molar refractivity (Wildman–Crippen MR) is 84.0 cm³/mol. The lowest BCUT2D eigenvalue weighted by Gasteiger charge is -2.46. The molecule has 3 heterocycles. The van der Waals surface area contributed by atoms with Gasteiger partial charge in [0.15, 0.2) is 12.6 Å². The number of nitrogens with zero attached hydrogens (tertiary/aromatic N) is 1. The Hall–Kier alpha value is -0.920. The lowest BCUT2D eigenvalue weighted by molar-refractivity contribution is -0.314. The van der Waals surface area contributed by atoms with Crippen LogP contribution in [0.4, 0.5) is 0 Å². The number of rotatable bonds is 2. The van der Waals surface area contributed by atoms with Gasteiger partial charge >= 0.3 is 0 Å². The largest absolute Gasteiger partial charge is 0.354 e. The van der Waals surface area contributed by atoms with E-state index in [4.69, 9.17) is 18.9 Å². The highest BCUT2D eigenvalue weighted by atomic mass is 32.2. The predicted octanol–water partition coefficient (Wildman–Crippen LogP) is 2.37. The number of benzene rings is 1. The van der Waals surface area contributed by atoms with Crippen molar-refractivity contribution in [3.63, 3.8) is 0 Å². The topological polar surface area (TPSA) is 49.3 Å². The minimum atomic E-state index is -0.340. The molecule has 0 radical (unpaired) electrons. The third kappa shape index (κ3) is 2.49. The molecule has 3 aliphatic heterocycles. The number of fused-ring (bicyclic) bond motifs is 3. The van der Waals surface area contributed by atoms with Crippen molar-refractivity contribution in [1.82, 2.24) is 0 Å². The summed E-state index contributed by atoms with van der Waals surface area (Å²) in [4.78, 5) is 4.66. The molecule has 6 atom stereocenters. The zero-order chi connectivity index (χ0) is 15.1. The van der Waals surface area contributed by atoms with E-state index in [1.54, 1.807) is 18.9 Å². The van der Waals surface area contributed by atoms with Gasteiger partial charge in [-0.15, -0.1) is 11.8 Å². The average molecular weight is 321 g/mol. The summed E-state index contributed by atoms with van der Waals surface area (Å²) in [6.45, 7) is 2.53. The fourth-order valence-electron chi connectivity index (χ4n) is 3.24. The van der Waals surface area contributed by atoms with Gasteiger partial charge in [-0.25, -0.2) is 0 Å². The molecule has 118 valence electrons. The van der Waals surface area contributed by atoms with E-state index < -0.39 is 0 Å². The fourth-order valence-corrected chi connectivity index (χ4v) is 4.52. The van der Waals surface area contributed by atoms with Crippen molar-refractivity contribution < 1.29 is 18.9 Å². The van der Waals surface area contributed by atoms with Crippen molar-refractivity contribution in [1.29, 1.82) is 0 Å². The summed E-state index contributed by atoms with van der Waals surface area (Å²) in [5, 5.41) is 1.28. The van der Waals surface area contributed by atoms with Crippen LogP contribution in [0.3, 0.4) is 0 Å². The Kier molecular flexibility index (Phi) is 3.96. The number of methoxy groups -OCH3 is 1. The van der Waals surface area contributed by atoms with E-state index in [9.17, 15) is 0 Å². The number of aliphatic imine (C=N–C) groups is 1. The van der Waals surface area contributed by atoms with Gasteiger partial charge in [0.1, 0.15) is 18.2 Å². The maximum absolute atomic E-state index is 6.23. The molecule has 0 unspecified atom stereocenters. The molecule has 0 saturated carbocycles. The molecule has 3 aliphatic rings. The molecule has 0 amide bonds. The van der Waals surface area contributed by atoms with Gasteiger partial charge in [-0.1, -0.05) is 30.3 Å². The minimum absolute atomic E-state index is 0.00854. The van der Waals surface area contributed by atoms with Crippen LogP contribution >= 0.6 is 11.8 Å². The highest BCUT2D eigenvalue weighted by Gasteiger charge is 2.52. The Balaban J connectivity index is 1.56. The van der Waals surface area contributed by atoms with E-state index >= 15 is 0 Å². The van der Waals surface area contributed by atoms with Crippen molar-refractivity contribution in [3.8, 4) is 0 Å². The second kappa shape index (κ2) is 5.94.